The predicted molar refractivity (Wildman–Crippen MR) is 97.4 cm³/mol. The van der Waals surface area contributed by atoms with Crippen LogP contribution in [0.15, 0.2) is 15.7 Å². The zero-order valence-corrected chi connectivity index (χ0v) is 15.9. The molecule has 0 unspecified atom stereocenters. The Hall–Kier alpha value is -1.34. The van der Waals surface area contributed by atoms with Crippen molar-refractivity contribution in [3.8, 4) is 10.8 Å². The van der Waals surface area contributed by atoms with Crippen LogP contribution in [0.4, 0.5) is 0 Å². The molecule has 0 spiro atoms. The van der Waals surface area contributed by atoms with Crippen molar-refractivity contribution in [1.29, 1.82) is 0 Å². The van der Waals surface area contributed by atoms with E-state index in [9.17, 15) is 4.79 Å². The fourth-order valence-corrected chi connectivity index (χ4v) is 4.40. The Labute approximate surface area is 150 Å². The van der Waals surface area contributed by atoms with Gasteiger partial charge < -0.3 is 9.73 Å². The number of amides is 1. The van der Waals surface area contributed by atoms with Crippen molar-refractivity contribution in [2.45, 2.75) is 45.3 Å². The van der Waals surface area contributed by atoms with Gasteiger partial charge in [-0.1, -0.05) is 32.5 Å². The Morgan fingerprint density at radius 1 is 1.50 bits per heavy atom. The SMILES string of the molecule is CC(C)CNC(=O)CSc1nnc(-c2cc3c(s2)CC[C@H](C)C3)o1. The molecular weight excluding hydrogens is 342 g/mol. The number of fused-ring (bicyclic) bond motifs is 1. The van der Waals surface area contributed by atoms with Gasteiger partial charge in [-0.25, -0.2) is 0 Å². The molecule has 2 aromatic heterocycles. The number of hydrogen-bond donors (Lipinski definition) is 1. The number of hydrogen-bond acceptors (Lipinski definition) is 6. The van der Waals surface area contributed by atoms with E-state index in [4.69, 9.17) is 4.42 Å². The summed E-state index contributed by atoms with van der Waals surface area (Å²) in [6.07, 6.45) is 3.54. The van der Waals surface area contributed by atoms with E-state index in [2.05, 4.69) is 42.4 Å². The van der Waals surface area contributed by atoms with Gasteiger partial charge >= 0.3 is 0 Å². The van der Waals surface area contributed by atoms with Crippen LogP contribution in [-0.2, 0) is 17.6 Å². The molecule has 3 rings (SSSR count). The highest BCUT2D eigenvalue weighted by Gasteiger charge is 2.21. The second kappa shape index (κ2) is 7.70. The molecule has 0 aromatic carbocycles. The monoisotopic (exact) mass is 365 g/mol. The average Bonchev–Trinajstić information content (AvgIpc) is 3.16. The third-order valence-electron chi connectivity index (χ3n) is 3.98. The van der Waals surface area contributed by atoms with E-state index in [0.717, 1.165) is 23.6 Å². The molecule has 2 aromatic rings. The van der Waals surface area contributed by atoms with Crippen molar-refractivity contribution >= 4 is 29.0 Å². The lowest BCUT2D eigenvalue weighted by Crippen LogP contribution is -2.28. The van der Waals surface area contributed by atoms with E-state index in [1.807, 2.05) is 0 Å². The van der Waals surface area contributed by atoms with Crippen molar-refractivity contribution < 1.29 is 9.21 Å². The van der Waals surface area contributed by atoms with E-state index >= 15 is 0 Å². The minimum absolute atomic E-state index is 0.00553. The highest BCUT2D eigenvalue weighted by atomic mass is 32.2. The zero-order valence-electron chi connectivity index (χ0n) is 14.3. The first-order chi connectivity index (χ1) is 11.5. The number of carbonyl (C=O) groups is 1. The number of aromatic nitrogens is 2. The first-order valence-electron chi connectivity index (χ1n) is 8.36. The lowest BCUT2D eigenvalue weighted by molar-refractivity contribution is -0.118. The number of nitrogens with one attached hydrogen (secondary N) is 1. The molecule has 0 aliphatic heterocycles. The van der Waals surface area contributed by atoms with Gasteiger partial charge in [0.25, 0.3) is 11.1 Å². The predicted octanol–water partition coefficient (Wildman–Crippen LogP) is 3.79. The number of thiophene rings is 1. The van der Waals surface area contributed by atoms with Gasteiger partial charge in [-0.05, 0) is 42.7 Å². The molecule has 0 radical (unpaired) electrons. The second-order valence-electron chi connectivity index (χ2n) is 6.77. The summed E-state index contributed by atoms with van der Waals surface area (Å²) in [5, 5.41) is 11.5. The first kappa shape index (κ1) is 17.5. The third kappa shape index (κ3) is 4.39. The number of rotatable bonds is 6. The maximum Gasteiger partial charge on any atom is 0.277 e. The van der Waals surface area contributed by atoms with E-state index in [0.29, 0.717) is 29.3 Å². The van der Waals surface area contributed by atoms with Gasteiger partial charge in [0.1, 0.15) is 0 Å². The highest BCUT2D eigenvalue weighted by Crippen LogP contribution is 2.37. The second-order valence-corrected chi connectivity index (χ2v) is 8.83. The number of thioether (sulfide) groups is 1. The number of nitrogens with zero attached hydrogens (tertiary/aromatic N) is 2. The Balaban J connectivity index is 1.59. The Morgan fingerprint density at radius 2 is 2.33 bits per heavy atom. The summed E-state index contributed by atoms with van der Waals surface area (Å²) in [7, 11) is 0. The number of aryl methyl sites for hydroxylation is 1. The summed E-state index contributed by atoms with van der Waals surface area (Å²) in [6.45, 7) is 7.12. The van der Waals surface area contributed by atoms with Crippen LogP contribution >= 0.6 is 23.1 Å². The molecule has 1 atom stereocenters. The summed E-state index contributed by atoms with van der Waals surface area (Å²) in [6, 6.07) is 2.19. The van der Waals surface area contributed by atoms with E-state index in [1.54, 1.807) is 11.3 Å². The van der Waals surface area contributed by atoms with Crippen LogP contribution in [0.25, 0.3) is 10.8 Å². The molecule has 24 heavy (non-hydrogen) atoms. The molecule has 1 aliphatic rings. The summed E-state index contributed by atoms with van der Waals surface area (Å²) >= 11 is 3.04. The molecule has 7 heteroatoms. The largest absolute Gasteiger partial charge is 0.410 e. The molecule has 0 saturated carbocycles. The van der Waals surface area contributed by atoms with Crippen LogP contribution < -0.4 is 5.32 Å². The molecular formula is C17H23N3O2S2. The lowest BCUT2D eigenvalue weighted by atomic mass is 9.90. The van der Waals surface area contributed by atoms with Gasteiger partial charge in [-0.3, -0.25) is 4.79 Å². The highest BCUT2D eigenvalue weighted by molar-refractivity contribution is 7.99. The molecule has 0 bridgehead atoms. The van der Waals surface area contributed by atoms with E-state index in [-0.39, 0.29) is 5.91 Å². The van der Waals surface area contributed by atoms with Crippen molar-refractivity contribution in [2.75, 3.05) is 12.3 Å². The zero-order chi connectivity index (χ0) is 17.1. The van der Waals surface area contributed by atoms with Crippen LogP contribution in [0.5, 0.6) is 0 Å². The van der Waals surface area contributed by atoms with Crippen LogP contribution in [0.1, 0.15) is 37.6 Å². The van der Waals surface area contributed by atoms with Crippen LogP contribution in [0.3, 0.4) is 0 Å². The standard InChI is InChI=1S/C17H23N3O2S2/c1-10(2)8-18-15(21)9-23-17-20-19-16(22-17)14-7-12-6-11(3)4-5-13(12)24-14/h7,10-11H,4-6,8-9H2,1-3H3,(H,18,21)/t11-/m0/s1. The maximum absolute atomic E-state index is 11.7. The summed E-state index contributed by atoms with van der Waals surface area (Å²) in [5.74, 6) is 2.05. The van der Waals surface area contributed by atoms with Crippen molar-refractivity contribution in [3.05, 3.63) is 16.5 Å². The molecule has 1 N–H and O–H groups in total. The molecule has 2 heterocycles. The van der Waals surface area contributed by atoms with Gasteiger partial charge in [0, 0.05) is 11.4 Å². The maximum atomic E-state index is 11.7. The normalized spacial score (nSPS) is 17.1. The van der Waals surface area contributed by atoms with Crippen molar-refractivity contribution in [2.24, 2.45) is 11.8 Å². The fraction of sp³-hybridized carbons (Fsp3) is 0.588. The van der Waals surface area contributed by atoms with Gasteiger partial charge in [0.05, 0.1) is 10.6 Å². The summed E-state index contributed by atoms with van der Waals surface area (Å²) in [5.41, 5.74) is 1.43. The summed E-state index contributed by atoms with van der Waals surface area (Å²) < 4.78 is 5.72. The van der Waals surface area contributed by atoms with Crippen molar-refractivity contribution in [3.63, 3.8) is 0 Å². The third-order valence-corrected chi connectivity index (χ3v) is 6.02. The molecule has 0 fully saturated rings. The first-order valence-corrected chi connectivity index (χ1v) is 10.2. The van der Waals surface area contributed by atoms with Gasteiger partial charge in [0.2, 0.25) is 5.91 Å². The molecule has 5 nitrogen and oxygen atoms in total. The molecule has 0 saturated heterocycles. The minimum Gasteiger partial charge on any atom is -0.410 e. The average molecular weight is 366 g/mol. The van der Waals surface area contributed by atoms with Gasteiger partial charge in [-0.15, -0.1) is 21.5 Å². The Bertz CT molecular complexity index is 709. The van der Waals surface area contributed by atoms with Crippen LogP contribution in [0, 0.1) is 11.8 Å². The molecule has 1 aliphatic carbocycles. The fourth-order valence-electron chi connectivity index (χ4n) is 2.68. The van der Waals surface area contributed by atoms with E-state index < -0.39 is 0 Å². The quantitative estimate of drug-likeness (QED) is 0.789. The lowest BCUT2D eigenvalue weighted by Gasteiger charge is -2.16. The van der Waals surface area contributed by atoms with Gasteiger partial charge in [-0.2, -0.15) is 0 Å². The molecule has 130 valence electrons. The molecule has 1 amide bonds. The summed E-state index contributed by atoms with van der Waals surface area (Å²) in [4.78, 5) is 14.2. The smallest absolute Gasteiger partial charge is 0.277 e. The number of carbonyl (C=O) groups excluding carboxylic acids is 1. The minimum atomic E-state index is -0.00553. The van der Waals surface area contributed by atoms with Gasteiger partial charge in [0.15, 0.2) is 0 Å². The topological polar surface area (TPSA) is 68.0 Å². The van der Waals surface area contributed by atoms with Crippen molar-refractivity contribution in [1.82, 2.24) is 15.5 Å². The van der Waals surface area contributed by atoms with Crippen LogP contribution in [-0.4, -0.2) is 28.4 Å². The van der Waals surface area contributed by atoms with Crippen LogP contribution in [0.2, 0.25) is 0 Å². The van der Waals surface area contributed by atoms with E-state index in [1.165, 1.54) is 28.6 Å². The Kier molecular flexibility index (Phi) is 5.61. The Morgan fingerprint density at radius 3 is 3.12 bits per heavy atom.